The second-order valence-electron chi connectivity index (χ2n) is 7.84. The number of esters is 1. The van der Waals surface area contributed by atoms with E-state index in [1.165, 1.54) is 6.07 Å². The summed E-state index contributed by atoms with van der Waals surface area (Å²) in [6.45, 7) is 3.61. The summed E-state index contributed by atoms with van der Waals surface area (Å²) in [5, 5.41) is 11.7. The van der Waals surface area contributed by atoms with E-state index in [9.17, 15) is 19.1 Å². The normalized spacial score (nSPS) is 19.4. The Balaban J connectivity index is 1.84. The minimum atomic E-state index is -1.89. The van der Waals surface area contributed by atoms with Gasteiger partial charge in [0, 0.05) is 29.1 Å². The molecular formula is C22H20FN3O4. The van der Waals surface area contributed by atoms with Gasteiger partial charge in [0.15, 0.2) is 5.60 Å². The van der Waals surface area contributed by atoms with Gasteiger partial charge in [-0.3, -0.25) is 4.79 Å². The van der Waals surface area contributed by atoms with Crippen LogP contribution in [0, 0.1) is 12.7 Å². The van der Waals surface area contributed by atoms with Crippen LogP contribution in [0.1, 0.15) is 41.2 Å². The maximum Gasteiger partial charge on any atom is 0.343 e. The van der Waals surface area contributed by atoms with E-state index in [1.807, 2.05) is 0 Å². The molecule has 154 valence electrons. The molecule has 2 aromatic heterocycles. The molecule has 7 nitrogen and oxygen atoms in total. The van der Waals surface area contributed by atoms with Crippen molar-refractivity contribution < 1.29 is 19.0 Å². The number of hydrogen-bond acceptors (Lipinski definition) is 6. The van der Waals surface area contributed by atoms with Gasteiger partial charge in [-0.2, -0.15) is 0 Å². The largest absolute Gasteiger partial charge is 0.458 e. The third kappa shape index (κ3) is 2.28. The van der Waals surface area contributed by atoms with Crippen LogP contribution in [0.5, 0.6) is 0 Å². The molecule has 0 saturated carbocycles. The molecule has 1 aromatic carbocycles. The van der Waals surface area contributed by atoms with Crippen molar-refractivity contribution in [3.63, 3.8) is 0 Å². The maximum atomic E-state index is 14.2. The van der Waals surface area contributed by atoms with Crippen molar-refractivity contribution in [3.05, 3.63) is 62.2 Å². The quantitative estimate of drug-likeness (QED) is 0.490. The molecule has 0 spiro atoms. The van der Waals surface area contributed by atoms with E-state index >= 15 is 0 Å². The number of aliphatic hydroxyl groups is 1. The number of nitrogens with zero attached hydrogens (tertiary/aromatic N) is 2. The van der Waals surface area contributed by atoms with Gasteiger partial charge in [0.05, 0.1) is 29.0 Å². The molecule has 4 heterocycles. The van der Waals surface area contributed by atoms with Crippen LogP contribution < -0.4 is 11.3 Å². The molecule has 0 saturated heterocycles. The Morgan fingerprint density at radius 2 is 2.07 bits per heavy atom. The second-order valence-corrected chi connectivity index (χ2v) is 7.84. The highest BCUT2D eigenvalue weighted by Crippen LogP contribution is 2.40. The summed E-state index contributed by atoms with van der Waals surface area (Å²) in [6.07, 6.45) is 0.0677. The minimum absolute atomic E-state index is 0.0677. The lowest BCUT2D eigenvalue weighted by atomic mass is 9.86. The van der Waals surface area contributed by atoms with E-state index in [-0.39, 0.29) is 48.6 Å². The van der Waals surface area contributed by atoms with Gasteiger partial charge in [-0.05, 0) is 36.6 Å². The summed E-state index contributed by atoms with van der Waals surface area (Å²) >= 11 is 0. The van der Waals surface area contributed by atoms with E-state index < -0.39 is 11.6 Å². The number of fused-ring (bicyclic) bond motifs is 5. The number of carbonyl (C=O) groups excluding carboxylic acids is 1. The summed E-state index contributed by atoms with van der Waals surface area (Å²) in [4.78, 5) is 30.1. The lowest BCUT2D eigenvalue weighted by molar-refractivity contribution is -0.172. The van der Waals surface area contributed by atoms with Crippen molar-refractivity contribution >= 4 is 16.9 Å². The van der Waals surface area contributed by atoms with Crippen LogP contribution in [0.4, 0.5) is 4.39 Å². The number of carbonyl (C=O) groups is 1. The molecule has 0 amide bonds. The number of rotatable bonds is 2. The average molecular weight is 409 g/mol. The fourth-order valence-electron chi connectivity index (χ4n) is 4.52. The fourth-order valence-corrected chi connectivity index (χ4v) is 4.52. The molecule has 1 unspecified atom stereocenters. The Morgan fingerprint density at radius 1 is 1.30 bits per heavy atom. The number of aromatic nitrogens is 2. The third-order valence-corrected chi connectivity index (χ3v) is 6.29. The minimum Gasteiger partial charge on any atom is -0.458 e. The van der Waals surface area contributed by atoms with Crippen LogP contribution >= 0.6 is 0 Å². The van der Waals surface area contributed by atoms with Crippen molar-refractivity contribution in [1.82, 2.24) is 9.55 Å². The first-order valence-electron chi connectivity index (χ1n) is 9.79. The van der Waals surface area contributed by atoms with Crippen LogP contribution in [0.2, 0.25) is 0 Å². The standard InChI is InChI=1S/C22H20FN3O4/c1-3-22(29)15-5-18-19-13(8-26(18)20(27)14(15)9-30-21(22)28)12(7-24)11-4-10(2)16(23)6-17(11)25-19/h4-6,29H,3,7-9,24H2,1-2H3. The Morgan fingerprint density at radius 3 is 2.77 bits per heavy atom. The van der Waals surface area contributed by atoms with Gasteiger partial charge in [0.2, 0.25) is 0 Å². The van der Waals surface area contributed by atoms with Crippen LogP contribution in [0.15, 0.2) is 23.0 Å². The van der Waals surface area contributed by atoms with Gasteiger partial charge < -0.3 is 20.1 Å². The number of cyclic esters (lactones) is 1. The number of ether oxygens (including phenoxy) is 1. The number of aryl methyl sites for hydroxylation is 1. The number of hydrogen-bond donors (Lipinski definition) is 2. The highest BCUT2D eigenvalue weighted by molar-refractivity contribution is 5.89. The zero-order valence-corrected chi connectivity index (χ0v) is 16.6. The predicted octanol–water partition coefficient (Wildman–Crippen LogP) is 1.99. The van der Waals surface area contributed by atoms with Gasteiger partial charge >= 0.3 is 5.97 Å². The summed E-state index contributed by atoms with van der Waals surface area (Å²) < 4.78 is 20.8. The first kappa shape index (κ1) is 18.9. The van der Waals surface area contributed by atoms with E-state index in [0.29, 0.717) is 22.5 Å². The van der Waals surface area contributed by atoms with Crippen LogP contribution in [-0.4, -0.2) is 20.6 Å². The van der Waals surface area contributed by atoms with Crippen molar-refractivity contribution in [3.8, 4) is 11.4 Å². The SMILES string of the molecule is CCC1(O)C(=O)OCc2c1cc1n(c2=O)Cc2c-1nc1cc(F)c(C)cc1c2CN. The van der Waals surface area contributed by atoms with E-state index in [2.05, 4.69) is 4.98 Å². The van der Waals surface area contributed by atoms with Gasteiger partial charge in [-0.25, -0.2) is 14.2 Å². The average Bonchev–Trinajstić information content (AvgIpc) is 3.09. The van der Waals surface area contributed by atoms with Crippen LogP contribution in [0.3, 0.4) is 0 Å². The molecule has 2 aliphatic rings. The molecule has 30 heavy (non-hydrogen) atoms. The zero-order valence-electron chi connectivity index (χ0n) is 16.6. The van der Waals surface area contributed by atoms with E-state index in [1.54, 1.807) is 30.5 Å². The molecule has 3 N–H and O–H groups in total. The predicted molar refractivity (Wildman–Crippen MR) is 107 cm³/mol. The Kier molecular flexibility index (Phi) is 3.90. The lowest BCUT2D eigenvalue weighted by Crippen LogP contribution is -2.44. The Labute approximate surface area is 170 Å². The molecule has 5 rings (SSSR count). The molecule has 2 aliphatic heterocycles. The van der Waals surface area contributed by atoms with Crippen molar-refractivity contribution in [1.29, 1.82) is 0 Å². The molecule has 3 aromatic rings. The lowest BCUT2D eigenvalue weighted by Gasteiger charge is -2.31. The molecular weight excluding hydrogens is 389 g/mol. The van der Waals surface area contributed by atoms with Crippen molar-refractivity contribution in [2.24, 2.45) is 5.73 Å². The van der Waals surface area contributed by atoms with Crippen molar-refractivity contribution in [2.45, 2.75) is 45.6 Å². The van der Waals surface area contributed by atoms with Crippen LogP contribution in [-0.2, 0) is 34.8 Å². The first-order valence-corrected chi connectivity index (χ1v) is 9.79. The highest BCUT2D eigenvalue weighted by Gasteiger charge is 2.45. The maximum absolute atomic E-state index is 14.2. The van der Waals surface area contributed by atoms with Gasteiger partial charge in [-0.1, -0.05) is 6.92 Å². The molecule has 1 atom stereocenters. The Bertz CT molecular complexity index is 1330. The van der Waals surface area contributed by atoms with Crippen LogP contribution in [0.25, 0.3) is 22.3 Å². The van der Waals surface area contributed by atoms with Crippen molar-refractivity contribution in [2.75, 3.05) is 0 Å². The smallest absolute Gasteiger partial charge is 0.343 e. The molecule has 0 bridgehead atoms. The van der Waals surface area contributed by atoms with Gasteiger partial charge in [0.25, 0.3) is 5.56 Å². The number of nitrogens with two attached hydrogens (primary N) is 1. The highest BCUT2D eigenvalue weighted by atomic mass is 19.1. The molecule has 0 fully saturated rings. The molecule has 8 heteroatoms. The first-order chi connectivity index (χ1) is 14.3. The zero-order chi connectivity index (χ0) is 21.4. The number of pyridine rings is 2. The molecule has 0 radical (unpaired) electrons. The summed E-state index contributed by atoms with van der Waals surface area (Å²) in [5.41, 5.74) is 7.85. The second kappa shape index (κ2) is 6.20. The van der Waals surface area contributed by atoms with E-state index in [4.69, 9.17) is 10.5 Å². The molecule has 0 aliphatic carbocycles. The summed E-state index contributed by atoms with van der Waals surface area (Å²) in [6, 6.07) is 4.72. The third-order valence-electron chi connectivity index (χ3n) is 6.29. The van der Waals surface area contributed by atoms with Gasteiger partial charge in [-0.15, -0.1) is 0 Å². The summed E-state index contributed by atoms with van der Waals surface area (Å²) in [7, 11) is 0. The fraction of sp³-hybridized carbons (Fsp3) is 0.318. The monoisotopic (exact) mass is 409 g/mol. The topological polar surface area (TPSA) is 107 Å². The summed E-state index contributed by atoms with van der Waals surface area (Å²) in [5.74, 6) is -1.14. The number of benzene rings is 1. The van der Waals surface area contributed by atoms with E-state index in [0.717, 1.165) is 16.5 Å². The van der Waals surface area contributed by atoms with Gasteiger partial charge in [0.1, 0.15) is 12.4 Å². The number of halogens is 1. The Hall–Kier alpha value is -3.10.